The molecule has 1 aromatic carbocycles. The fourth-order valence-corrected chi connectivity index (χ4v) is 3.14. The molecule has 19 heavy (non-hydrogen) atoms. The number of ketones is 1. The van der Waals surface area contributed by atoms with Gasteiger partial charge in [-0.15, -0.1) is 0 Å². The van der Waals surface area contributed by atoms with Gasteiger partial charge in [-0.3, -0.25) is 9.20 Å². The van der Waals surface area contributed by atoms with Crippen molar-refractivity contribution in [3.63, 3.8) is 0 Å². The molecule has 0 saturated heterocycles. The van der Waals surface area contributed by atoms with Gasteiger partial charge in [0.15, 0.2) is 0 Å². The van der Waals surface area contributed by atoms with Crippen LogP contribution >= 0.6 is 31.9 Å². The van der Waals surface area contributed by atoms with Crippen LogP contribution in [0.4, 0.5) is 0 Å². The zero-order chi connectivity index (χ0) is 13.4. The van der Waals surface area contributed by atoms with E-state index in [4.69, 9.17) is 0 Å². The molecule has 3 rings (SSSR count). The summed E-state index contributed by atoms with van der Waals surface area (Å²) in [7, 11) is 0. The molecule has 0 aliphatic rings. The Labute approximate surface area is 127 Å². The molecule has 4 heteroatoms. The number of aromatic nitrogens is 1. The Morgan fingerprint density at radius 2 is 1.68 bits per heavy atom. The maximum atomic E-state index is 12.6. The van der Waals surface area contributed by atoms with Gasteiger partial charge in [0.25, 0.3) is 0 Å². The molecule has 94 valence electrons. The highest BCUT2D eigenvalue weighted by molar-refractivity contribution is 9.11. The third kappa shape index (κ3) is 2.15. The van der Waals surface area contributed by atoms with Crippen molar-refractivity contribution >= 4 is 43.2 Å². The van der Waals surface area contributed by atoms with Gasteiger partial charge < -0.3 is 0 Å². The van der Waals surface area contributed by atoms with Crippen LogP contribution < -0.4 is 0 Å². The minimum Gasteiger partial charge on any atom is -0.299 e. The van der Waals surface area contributed by atoms with Gasteiger partial charge in [0.05, 0.1) is 15.8 Å². The number of benzene rings is 1. The minimum absolute atomic E-state index is 0.00759. The lowest BCUT2D eigenvalue weighted by Gasteiger charge is -2.04. The summed E-state index contributed by atoms with van der Waals surface area (Å²) in [4.78, 5) is 12.6. The molecule has 2 aromatic heterocycles. The Kier molecular flexibility index (Phi) is 3.29. The predicted octanol–water partition coefficient (Wildman–Crippen LogP) is 4.70. The van der Waals surface area contributed by atoms with Gasteiger partial charge in [-0.1, -0.05) is 36.4 Å². The lowest BCUT2D eigenvalue weighted by molar-refractivity contribution is 0.103. The van der Waals surface area contributed by atoms with Crippen LogP contribution in [-0.4, -0.2) is 10.2 Å². The monoisotopic (exact) mass is 377 g/mol. The van der Waals surface area contributed by atoms with Crippen molar-refractivity contribution in [2.75, 3.05) is 0 Å². The van der Waals surface area contributed by atoms with Crippen LogP contribution in [-0.2, 0) is 0 Å². The van der Waals surface area contributed by atoms with Crippen LogP contribution in [0.1, 0.15) is 16.1 Å². The van der Waals surface area contributed by atoms with E-state index in [2.05, 4.69) is 31.9 Å². The maximum absolute atomic E-state index is 12.6. The summed E-state index contributed by atoms with van der Waals surface area (Å²) in [6, 6.07) is 17.0. The molecule has 0 radical (unpaired) electrons. The third-order valence-corrected chi connectivity index (χ3v) is 4.21. The lowest BCUT2D eigenvalue weighted by atomic mass is 10.1. The summed E-state index contributed by atoms with van der Waals surface area (Å²) < 4.78 is 3.67. The molecule has 0 spiro atoms. The number of rotatable bonds is 2. The molecule has 2 heterocycles. The minimum atomic E-state index is 0.00759. The SMILES string of the molecule is O=C(c1ccccc1)c1cc(Br)c2cccc(Br)n12. The maximum Gasteiger partial charge on any atom is 0.209 e. The Morgan fingerprint density at radius 3 is 2.42 bits per heavy atom. The molecular weight excluding hydrogens is 370 g/mol. The van der Waals surface area contributed by atoms with E-state index in [1.807, 2.05) is 59.0 Å². The van der Waals surface area contributed by atoms with E-state index >= 15 is 0 Å². The molecule has 0 fully saturated rings. The number of pyridine rings is 1. The van der Waals surface area contributed by atoms with E-state index in [1.54, 1.807) is 0 Å². The van der Waals surface area contributed by atoms with E-state index in [-0.39, 0.29) is 5.78 Å². The Bertz CT molecular complexity index is 762. The first-order valence-corrected chi connectivity index (χ1v) is 7.32. The molecule has 0 unspecified atom stereocenters. The van der Waals surface area contributed by atoms with Crippen molar-refractivity contribution < 1.29 is 4.79 Å². The van der Waals surface area contributed by atoms with Crippen molar-refractivity contribution in [1.29, 1.82) is 0 Å². The van der Waals surface area contributed by atoms with Crippen LogP contribution in [0, 0.1) is 0 Å². The molecule has 2 nitrogen and oxygen atoms in total. The van der Waals surface area contributed by atoms with Crippen molar-refractivity contribution in [2.24, 2.45) is 0 Å². The van der Waals surface area contributed by atoms with Gasteiger partial charge in [0.2, 0.25) is 5.78 Å². The van der Waals surface area contributed by atoms with Crippen LogP contribution in [0.2, 0.25) is 0 Å². The Morgan fingerprint density at radius 1 is 0.947 bits per heavy atom. The normalized spacial score (nSPS) is 10.8. The van der Waals surface area contributed by atoms with Crippen LogP contribution in [0.15, 0.2) is 63.7 Å². The van der Waals surface area contributed by atoms with Gasteiger partial charge in [0, 0.05) is 10.0 Å². The van der Waals surface area contributed by atoms with E-state index < -0.39 is 0 Å². The zero-order valence-corrected chi connectivity index (χ0v) is 13.0. The Hall–Kier alpha value is -1.39. The number of halogens is 2. The number of carbonyl (C=O) groups excluding carboxylic acids is 1. The third-order valence-electron chi connectivity index (χ3n) is 2.96. The van der Waals surface area contributed by atoms with E-state index in [9.17, 15) is 4.79 Å². The van der Waals surface area contributed by atoms with Crippen molar-refractivity contribution in [3.8, 4) is 0 Å². The van der Waals surface area contributed by atoms with Crippen LogP contribution in [0.3, 0.4) is 0 Å². The van der Waals surface area contributed by atoms with Gasteiger partial charge in [0.1, 0.15) is 0 Å². The predicted molar refractivity (Wildman–Crippen MR) is 82.7 cm³/mol. The topological polar surface area (TPSA) is 21.5 Å². The molecule has 3 aromatic rings. The second kappa shape index (κ2) is 4.94. The standard InChI is InChI=1S/C15H9Br2NO/c16-11-9-13(15(19)10-5-2-1-3-6-10)18-12(11)7-4-8-14(18)17/h1-9H. The summed E-state index contributed by atoms with van der Waals surface area (Å²) >= 11 is 6.99. The number of nitrogens with zero attached hydrogens (tertiary/aromatic N) is 1. The molecule has 0 atom stereocenters. The van der Waals surface area contributed by atoms with Crippen LogP contribution in [0.25, 0.3) is 5.52 Å². The number of hydrogen-bond donors (Lipinski definition) is 0. The smallest absolute Gasteiger partial charge is 0.209 e. The van der Waals surface area contributed by atoms with E-state index in [0.717, 1.165) is 14.6 Å². The average Bonchev–Trinajstić information content (AvgIpc) is 2.78. The quantitative estimate of drug-likeness (QED) is 0.468. The molecule has 0 bridgehead atoms. The fraction of sp³-hybridized carbons (Fsp3) is 0. The highest BCUT2D eigenvalue weighted by Gasteiger charge is 2.17. The summed E-state index contributed by atoms with van der Waals surface area (Å²) in [5.74, 6) is 0.00759. The molecular formula is C15H9Br2NO. The summed E-state index contributed by atoms with van der Waals surface area (Å²) in [5.41, 5.74) is 2.29. The molecule has 0 aliphatic heterocycles. The summed E-state index contributed by atoms with van der Waals surface area (Å²) in [6.45, 7) is 0. The van der Waals surface area contributed by atoms with Gasteiger partial charge in [-0.2, -0.15) is 0 Å². The lowest BCUT2D eigenvalue weighted by Crippen LogP contribution is -2.05. The first kappa shape index (κ1) is 12.6. The van der Waals surface area contributed by atoms with E-state index in [1.165, 1.54) is 0 Å². The average molecular weight is 379 g/mol. The number of carbonyl (C=O) groups is 1. The number of fused-ring (bicyclic) bond motifs is 1. The number of hydrogen-bond acceptors (Lipinski definition) is 1. The second-order valence-electron chi connectivity index (χ2n) is 4.14. The first-order chi connectivity index (χ1) is 9.18. The van der Waals surface area contributed by atoms with Crippen molar-refractivity contribution in [3.05, 3.63) is 74.9 Å². The molecule has 0 saturated carbocycles. The van der Waals surface area contributed by atoms with Gasteiger partial charge in [-0.05, 0) is 50.1 Å². The largest absolute Gasteiger partial charge is 0.299 e. The Balaban J connectivity index is 2.24. The van der Waals surface area contributed by atoms with Crippen molar-refractivity contribution in [2.45, 2.75) is 0 Å². The van der Waals surface area contributed by atoms with Gasteiger partial charge in [-0.25, -0.2) is 0 Å². The molecule has 0 amide bonds. The first-order valence-electron chi connectivity index (χ1n) is 5.73. The summed E-state index contributed by atoms with van der Waals surface area (Å²) in [6.07, 6.45) is 0. The molecule has 0 N–H and O–H groups in total. The van der Waals surface area contributed by atoms with Gasteiger partial charge >= 0.3 is 0 Å². The highest BCUT2D eigenvalue weighted by atomic mass is 79.9. The van der Waals surface area contributed by atoms with E-state index in [0.29, 0.717) is 11.3 Å². The fourth-order valence-electron chi connectivity index (χ4n) is 2.08. The van der Waals surface area contributed by atoms with Crippen LogP contribution in [0.5, 0.6) is 0 Å². The second-order valence-corrected chi connectivity index (χ2v) is 5.81. The highest BCUT2D eigenvalue weighted by Crippen LogP contribution is 2.27. The van der Waals surface area contributed by atoms with Crippen molar-refractivity contribution in [1.82, 2.24) is 4.40 Å². The zero-order valence-electron chi connectivity index (χ0n) is 9.81. The summed E-state index contributed by atoms with van der Waals surface area (Å²) in [5, 5.41) is 0. The molecule has 0 aliphatic carbocycles.